The zero-order chi connectivity index (χ0) is 17.7. The normalized spacial score (nSPS) is 11.1. The van der Waals surface area contributed by atoms with E-state index in [0.717, 1.165) is 5.56 Å². The van der Waals surface area contributed by atoms with Gasteiger partial charge in [0.15, 0.2) is 0 Å². The summed E-state index contributed by atoms with van der Waals surface area (Å²) in [5.74, 6) is 0.615. The fraction of sp³-hybridized carbons (Fsp3) is 0.211. The van der Waals surface area contributed by atoms with E-state index in [1.807, 2.05) is 13.0 Å². The molecule has 2 rings (SSSR count). The second kappa shape index (κ2) is 7.55. The third kappa shape index (κ3) is 3.68. The summed E-state index contributed by atoms with van der Waals surface area (Å²) < 4.78 is 15.8. The monoisotopic (exact) mass is 328 g/mol. The number of carboxylic acid groups (broad SMARTS) is 1. The van der Waals surface area contributed by atoms with E-state index < -0.39 is 5.97 Å². The predicted octanol–water partition coefficient (Wildman–Crippen LogP) is 3.65. The van der Waals surface area contributed by atoms with Gasteiger partial charge >= 0.3 is 5.97 Å². The van der Waals surface area contributed by atoms with Gasteiger partial charge in [0.05, 0.1) is 26.9 Å². The highest BCUT2D eigenvalue weighted by Crippen LogP contribution is 2.32. The van der Waals surface area contributed by atoms with Gasteiger partial charge in [-0.05, 0) is 43.3 Å². The lowest BCUT2D eigenvalue weighted by Gasteiger charge is -2.12. The minimum absolute atomic E-state index is 0.113. The van der Waals surface area contributed by atoms with Gasteiger partial charge in [-0.2, -0.15) is 0 Å². The molecule has 5 nitrogen and oxygen atoms in total. The quantitative estimate of drug-likeness (QED) is 0.648. The zero-order valence-electron chi connectivity index (χ0n) is 14.1. The average Bonchev–Trinajstić information content (AvgIpc) is 2.59. The highest BCUT2D eigenvalue weighted by atomic mass is 16.5. The van der Waals surface area contributed by atoms with Crippen molar-refractivity contribution in [3.8, 4) is 17.2 Å². The molecule has 2 aromatic carbocycles. The van der Waals surface area contributed by atoms with E-state index in [0.29, 0.717) is 28.4 Å². The smallest absolute Gasteiger partial charge is 0.336 e. The summed E-state index contributed by atoms with van der Waals surface area (Å²) in [6.07, 6.45) is 1.56. The van der Waals surface area contributed by atoms with Crippen LogP contribution in [-0.2, 0) is 4.79 Å². The Balaban J connectivity index is 2.67. The minimum atomic E-state index is -1.05. The van der Waals surface area contributed by atoms with Gasteiger partial charge in [0, 0.05) is 11.1 Å². The van der Waals surface area contributed by atoms with Gasteiger partial charge in [0.1, 0.15) is 17.2 Å². The van der Waals surface area contributed by atoms with Gasteiger partial charge < -0.3 is 19.3 Å². The number of rotatable bonds is 6. The third-order valence-electron chi connectivity index (χ3n) is 3.61. The number of hydrogen-bond donors (Lipinski definition) is 1. The molecule has 0 aliphatic carbocycles. The standard InChI is InChI=1S/C19H20O5/c1-12-5-7-18(24-4)15(9-12)16(19(20)21)11-13-10-14(22-2)6-8-17(13)23-3/h5-11H,1-4H3,(H,20,21)/b16-11-. The van der Waals surface area contributed by atoms with Gasteiger partial charge in [-0.25, -0.2) is 4.79 Å². The van der Waals surface area contributed by atoms with Crippen molar-refractivity contribution < 1.29 is 24.1 Å². The van der Waals surface area contributed by atoms with Crippen LogP contribution < -0.4 is 14.2 Å². The van der Waals surface area contributed by atoms with Crippen LogP contribution in [-0.4, -0.2) is 32.4 Å². The summed E-state index contributed by atoms with van der Waals surface area (Å²) in [5.41, 5.74) is 2.17. The molecule has 0 heterocycles. The van der Waals surface area contributed by atoms with Crippen molar-refractivity contribution in [2.75, 3.05) is 21.3 Å². The van der Waals surface area contributed by atoms with Crippen molar-refractivity contribution >= 4 is 17.6 Å². The van der Waals surface area contributed by atoms with Crippen LogP contribution in [0.15, 0.2) is 36.4 Å². The molecule has 0 saturated carbocycles. The molecule has 0 spiro atoms. The minimum Gasteiger partial charge on any atom is -0.497 e. The first-order valence-electron chi connectivity index (χ1n) is 7.32. The lowest BCUT2D eigenvalue weighted by Crippen LogP contribution is -2.03. The molecule has 0 fully saturated rings. The summed E-state index contributed by atoms with van der Waals surface area (Å²) in [4.78, 5) is 11.8. The fourth-order valence-corrected chi connectivity index (χ4v) is 2.39. The molecule has 1 N–H and O–H groups in total. The van der Waals surface area contributed by atoms with E-state index in [1.54, 1.807) is 43.5 Å². The SMILES string of the molecule is COc1ccc(OC)c(/C=C(\C(=O)O)c2cc(C)ccc2OC)c1. The molecule has 0 radical (unpaired) electrons. The third-order valence-corrected chi connectivity index (χ3v) is 3.61. The van der Waals surface area contributed by atoms with E-state index in [4.69, 9.17) is 14.2 Å². The summed E-state index contributed by atoms with van der Waals surface area (Å²) in [6.45, 7) is 1.90. The van der Waals surface area contributed by atoms with E-state index >= 15 is 0 Å². The number of aryl methyl sites for hydroxylation is 1. The molecule has 24 heavy (non-hydrogen) atoms. The van der Waals surface area contributed by atoms with E-state index in [1.165, 1.54) is 14.2 Å². The van der Waals surface area contributed by atoms with Crippen LogP contribution in [0.3, 0.4) is 0 Å². The van der Waals surface area contributed by atoms with Crippen molar-refractivity contribution in [2.24, 2.45) is 0 Å². The van der Waals surface area contributed by atoms with Crippen LogP contribution in [0.25, 0.3) is 11.6 Å². The number of carboxylic acids is 1. The Morgan fingerprint density at radius 3 is 2.21 bits per heavy atom. The van der Waals surface area contributed by atoms with Crippen LogP contribution in [0, 0.1) is 6.92 Å². The lowest BCUT2D eigenvalue weighted by atomic mass is 9.99. The Morgan fingerprint density at radius 1 is 0.958 bits per heavy atom. The molecule has 2 aromatic rings. The second-order valence-corrected chi connectivity index (χ2v) is 5.17. The number of hydrogen-bond acceptors (Lipinski definition) is 4. The number of aliphatic carboxylic acids is 1. The van der Waals surface area contributed by atoms with Crippen LogP contribution in [0.4, 0.5) is 0 Å². The Labute approximate surface area is 141 Å². The fourth-order valence-electron chi connectivity index (χ4n) is 2.39. The molecule has 0 aliphatic heterocycles. The van der Waals surface area contributed by atoms with Crippen LogP contribution in [0.1, 0.15) is 16.7 Å². The predicted molar refractivity (Wildman–Crippen MR) is 92.8 cm³/mol. The van der Waals surface area contributed by atoms with Crippen molar-refractivity contribution in [1.82, 2.24) is 0 Å². The van der Waals surface area contributed by atoms with Gasteiger partial charge in [-0.15, -0.1) is 0 Å². The molecule has 126 valence electrons. The van der Waals surface area contributed by atoms with Crippen LogP contribution in [0.2, 0.25) is 0 Å². The summed E-state index contributed by atoms with van der Waals surface area (Å²) in [7, 11) is 4.60. The number of methoxy groups -OCH3 is 3. The Morgan fingerprint density at radius 2 is 1.62 bits per heavy atom. The summed E-state index contributed by atoms with van der Waals surface area (Å²) in [6, 6.07) is 10.6. The molecular formula is C19H20O5. The molecule has 0 unspecified atom stereocenters. The molecule has 0 aliphatic rings. The van der Waals surface area contributed by atoms with Crippen molar-refractivity contribution in [3.05, 3.63) is 53.1 Å². The van der Waals surface area contributed by atoms with E-state index in [-0.39, 0.29) is 5.57 Å². The van der Waals surface area contributed by atoms with Crippen LogP contribution >= 0.6 is 0 Å². The molecule has 5 heteroatoms. The first kappa shape index (κ1) is 17.4. The first-order valence-corrected chi connectivity index (χ1v) is 7.32. The highest BCUT2D eigenvalue weighted by molar-refractivity contribution is 6.21. The van der Waals surface area contributed by atoms with Gasteiger partial charge in [-0.1, -0.05) is 11.6 Å². The Kier molecular flexibility index (Phi) is 5.47. The van der Waals surface area contributed by atoms with Gasteiger partial charge in [-0.3, -0.25) is 0 Å². The molecule has 0 saturated heterocycles. The van der Waals surface area contributed by atoms with Crippen molar-refractivity contribution in [2.45, 2.75) is 6.92 Å². The molecule has 0 aromatic heterocycles. The maximum Gasteiger partial charge on any atom is 0.336 e. The van der Waals surface area contributed by atoms with Gasteiger partial charge in [0.2, 0.25) is 0 Å². The largest absolute Gasteiger partial charge is 0.497 e. The Hall–Kier alpha value is -2.95. The average molecular weight is 328 g/mol. The number of carbonyl (C=O) groups is 1. The van der Waals surface area contributed by atoms with Crippen LogP contribution in [0.5, 0.6) is 17.2 Å². The first-order chi connectivity index (χ1) is 11.5. The molecule has 0 amide bonds. The Bertz CT molecular complexity index is 777. The second-order valence-electron chi connectivity index (χ2n) is 5.17. The van der Waals surface area contributed by atoms with E-state index in [2.05, 4.69) is 0 Å². The zero-order valence-corrected chi connectivity index (χ0v) is 14.1. The summed E-state index contributed by atoms with van der Waals surface area (Å²) in [5, 5.41) is 9.69. The topological polar surface area (TPSA) is 65.0 Å². The molecular weight excluding hydrogens is 308 g/mol. The van der Waals surface area contributed by atoms with Crippen molar-refractivity contribution in [1.29, 1.82) is 0 Å². The van der Waals surface area contributed by atoms with Crippen molar-refractivity contribution in [3.63, 3.8) is 0 Å². The molecule has 0 bridgehead atoms. The lowest BCUT2D eigenvalue weighted by molar-refractivity contribution is -0.130. The maximum absolute atomic E-state index is 11.8. The number of benzene rings is 2. The summed E-state index contributed by atoms with van der Waals surface area (Å²) >= 11 is 0. The van der Waals surface area contributed by atoms with E-state index in [9.17, 15) is 9.90 Å². The molecule has 0 atom stereocenters. The van der Waals surface area contributed by atoms with Gasteiger partial charge in [0.25, 0.3) is 0 Å². The highest BCUT2D eigenvalue weighted by Gasteiger charge is 2.17. The number of ether oxygens (including phenoxy) is 3. The maximum atomic E-state index is 11.8.